The molecule has 0 aromatic heterocycles. The first kappa shape index (κ1) is 15.1. The summed E-state index contributed by atoms with van der Waals surface area (Å²) in [5, 5.41) is 17.8. The summed E-state index contributed by atoms with van der Waals surface area (Å²) in [6.07, 6.45) is 3.05. The molecule has 2 rings (SSSR count). The Hall–Kier alpha value is -1.34. The summed E-state index contributed by atoms with van der Waals surface area (Å²) in [6, 6.07) is -0.0679. The lowest BCUT2D eigenvalue weighted by molar-refractivity contribution is -0.145. The van der Waals surface area contributed by atoms with Crippen LogP contribution < -0.4 is 0 Å². The number of carbonyl (C=O) groups excluding carboxylic acids is 1. The van der Waals surface area contributed by atoms with Gasteiger partial charge in [0.1, 0.15) is 6.61 Å². The molecule has 2 aliphatic rings. The number of aliphatic carboxylic acids is 1. The van der Waals surface area contributed by atoms with E-state index in [4.69, 9.17) is 9.84 Å². The van der Waals surface area contributed by atoms with Crippen LogP contribution in [0.5, 0.6) is 0 Å². The van der Waals surface area contributed by atoms with Crippen molar-refractivity contribution in [1.29, 1.82) is 0 Å². The molecule has 0 spiro atoms. The zero-order valence-electron chi connectivity index (χ0n) is 11.5. The van der Waals surface area contributed by atoms with Crippen LogP contribution in [0.4, 0.5) is 4.79 Å². The van der Waals surface area contributed by atoms with E-state index in [0.29, 0.717) is 32.5 Å². The molecule has 2 fully saturated rings. The average molecular weight is 286 g/mol. The number of aliphatic hydroxyl groups is 1. The molecule has 0 saturated carbocycles. The van der Waals surface area contributed by atoms with E-state index in [9.17, 15) is 14.7 Å². The van der Waals surface area contributed by atoms with Gasteiger partial charge in [0.05, 0.1) is 18.8 Å². The first-order valence-corrected chi connectivity index (χ1v) is 7.11. The zero-order chi connectivity index (χ0) is 14.5. The van der Waals surface area contributed by atoms with Crippen LogP contribution in [0.15, 0.2) is 0 Å². The van der Waals surface area contributed by atoms with Gasteiger partial charge in [0, 0.05) is 19.6 Å². The summed E-state index contributed by atoms with van der Waals surface area (Å²) >= 11 is 0. The largest absolute Gasteiger partial charge is 0.480 e. The van der Waals surface area contributed by atoms with Gasteiger partial charge in [0.15, 0.2) is 0 Å². The average Bonchev–Trinajstić information content (AvgIpc) is 2.93. The zero-order valence-corrected chi connectivity index (χ0v) is 11.5. The van der Waals surface area contributed by atoms with E-state index in [-0.39, 0.29) is 31.4 Å². The number of ether oxygens (including phenoxy) is 1. The number of carboxylic acids is 1. The van der Waals surface area contributed by atoms with Crippen LogP contribution in [-0.2, 0) is 9.53 Å². The molecule has 1 atom stereocenters. The third-order valence-electron chi connectivity index (χ3n) is 3.99. The topological polar surface area (TPSA) is 90.3 Å². The highest BCUT2D eigenvalue weighted by atomic mass is 16.5. The highest BCUT2D eigenvalue weighted by molar-refractivity contribution is 5.75. The van der Waals surface area contributed by atoms with Crippen molar-refractivity contribution in [1.82, 2.24) is 9.80 Å². The van der Waals surface area contributed by atoms with E-state index in [1.165, 1.54) is 0 Å². The van der Waals surface area contributed by atoms with E-state index >= 15 is 0 Å². The molecule has 0 aliphatic carbocycles. The molecule has 0 aromatic rings. The van der Waals surface area contributed by atoms with Crippen LogP contribution in [-0.4, -0.2) is 77.0 Å². The highest BCUT2D eigenvalue weighted by Gasteiger charge is 2.33. The van der Waals surface area contributed by atoms with Gasteiger partial charge in [0.2, 0.25) is 0 Å². The van der Waals surface area contributed by atoms with Crippen molar-refractivity contribution in [3.63, 3.8) is 0 Å². The number of likely N-dealkylation sites (tertiary alicyclic amines) is 2. The molecule has 7 nitrogen and oxygen atoms in total. The maximum absolute atomic E-state index is 12.3. The quantitative estimate of drug-likeness (QED) is 0.766. The fraction of sp³-hybridized carbons (Fsp3) is 0.846. The number of nitrogens with zero attached hydrogens (tertiary/aromatic N) is 2. The lowest BCUT2D eigenvalue weighted by Crippen LogP contribution is -2.50. The number of aliphatic hydroxyl groups excluding tert-OH is 1. The fourth-order valence-corrected chi connectivity index (χ4v) is 2.86. The van der Waals surface area contributed by atoms with E-state index in [2.05, 4.69) is 0 Å². The van der Waals surface area contributed by atoms with Crippen molar-refractivity contribution in [3.8, 4) is 0 Å². The Morgan fingerprint density at radius 1 is 1.15 bits per heavy atom. The SMILES string of the molecule is O=C(O)COC1CCN(C(=O)N2CCCC2CO)CC1. The smallest absolute Gasteiger partial charge is 0.329 e. The molecule has 2 saturated heterocycles. The van der Waals surface area contributed by atoms with E-state index in [0.717, 1.165) is 12.8 Å². The van der Waals surface area contributed by atoms with Crippen LogP contribution in [0.25, 0.3) is 0 Å². The van der Waals surface area contributed by atoms with E-state index < -0.39 is 5.97 Å². The molecule has 1 unspecified atom stereocenters. The molecule has 0 aromatic carbocycles. The van der Waals surface area contributed by atoms with Gasteiger partial charge < -0.3 is 24.7 Å². The second-order valence-corrected chi connectivity index (χ2v) is 5.35. The normalized spacial score (nSPS) is 24.1. The predicted molar refractivity (Wildman–Crippen MR) is 70.4 cm³/mol. The molecular formula is C13H22N2O5. The molecule has 0 bridgehead atoms. The third kappa shape index (κ3) is 3.61. The van der Waals surface area contributed by atoms with Gasteiger partial charge in [-0.05, 0) is 25.7 Å². The number of hydrogen-bond donors (Lipinski definition) is 2. The second-order valence-electron chi connectivity index (χ2n) is 5.35. The summed E-state index contributed by atoms with van der Waals surface area (Å²) in [6.45, 7) is 1.61. The number of piperidine rings is 1. The van der Waals surface area contributed by atoms with Crippen molar-refractivity contribution >= 4 is 12.0 Å². The Kier molecular flexibility index (Phi) is 5.19. The molecule has 2 N–H and O–H groups in total. The van der Waals surface area contributed by atoms with Crippen molar-refractivity contribution < 1.29 is 24.5 Å². The summed E-state index contributed by atoms with van der Waals surface area (Å²) in [5.74, 6) is -0.966. The molecule has 20 heavy (non-hydrogen) atoms. The number of hydrogen-bond acceptors (Lipinski definition) is 4. The van der Waals surface area contributed by atoms with Crippen molar-refractivity contribution in [3.05, 3.63) is 0 Å². The van der Waals surface area contributed by atoms with Crippen LogP contribution in [0.3, 0.4) is 0 Å². The Balaban J connectivity index is 1.78. The van der Waals surface area contributed by atoms with Crippen LogP contribution in [0.1, 0.15) is 25.7 Å². The first-order chi connectivity index (χ1) is 9.61. The van der Waals surface area contributed by atoms with Gasteiger partial charge in [-0.3, -0.25) is 0 Å². The van der Waals surface area contributed by atoms with Gasteiger partial charge in [-0.2, -0.15) is 0 Å². The van der Waals surface area contributed by atoms with Gasteiger partial charge >= 0.3 is 12.0 Å². The van der Waals surface area contributed by atoms with Crippen molar-refractivity contribution in [2.24, 2.45) is 0 Å². The Labute approximate surface area is 118 Å². The van der Waals surface area contributed by atoms with Crippen LogP contribution >= 0.6 is 0 Å². The van der Waals surface area contributed by atoms with Gasteiger partial charge in [-0.15, -0.1) is 0 Å². The Morgan fingerprint density at radius 2 is 1.85 bits per heavy atom. The van der Waals surface area contributed by atoms with Crippen LogP contribution in [0.2, 0.25) is 0 Å². The Morgan fingerprint density at radius 3 is 2.45 bits per heavy atom. The van der Waals surface area contributed by atoms with Crippen molar-refractivity contribution in [2.45, 2.75) is 37.8 Å². The van der Waals surface area contributed by atoms with Gasteiger partial charge in [-0.1, -0.05) is 0 Å². The number of carboxylic acid groups (broad SMARTS) is 1. The molecule has 2 heterocycles. The van der Waals surface area contributed by atoms with E-state index in [1.54, 1.807) is 9.80 Å². The monoisotopic (exact) mass is 286 g/mol. The van der Waals surface area contributed by atoms with Gasteiger partial charge in [0.25, 0.3) is 0 Å². The number of amides is 2. The minimum Gasteiger partial charge on any atom is -0.480 e. The lowest BCUT2D eigenvalue weighted by Gasteiger charge is -2.35. The number of rotatable bonds is 4. The molecule has 2 aliphatic heterocycles. The minimum absolute atomic E-state index is 0.0155. The fourth-order valence-electron chi connectivity index (χ4n) is 2.86. The minimum atomic E-state index is -0.966. The first-order valence-electron chi connectivity index (χ1n) is 7.11. The lowest BCUT2D eigenvalue weighted by atomic mass is 10.1. The molecule has 0 radical (unpaired) electrons. The highest BCUT2D eigenvalue weighted by Crippen LogP contribution is 2.21. The molecular weight excluding hydrogens is 264 g/mol. The second kappa shape index (κ2) is 6.90. The predicted octanol–water partition coefficient (Wildman–Crippen LogP) is 0.129. The number of carbonyl (C=O) groups is 2. The van der Waals surface area contributed by atoms with Crippen molar-refractivity contribution in [2.75, 3.05) is 32.8 Å². The third-order valence-corrected chi connectivity index (χ3v) is 3.99. The number of urea groups is 1. The molecule has 7 heteroatoms. The summed E-state index contributed by atoms with van der Waals surface area (Å²) < 4.78 is 5.25. The standard InChI is InChI=1S/C13H22N2O5/c16-8-10-2-1-5-15(10)13(19)14-6-3-11(4-7-14)20-9-12(17)18/h10-11,16H,1-9H2,(H,17,18). The van der Waals surface area contributed by atoms with Crippen LogP contribution in [0, 0.1) is 0 Å². The maximum atomic E-state index is 12.3. The summed E-state index contributed by atoms with van der Waals surface area (Å²) in [4.78, 5) is 26.3. The molecule has 2 amide bonds. The van der Waals surface area contributed by atoms with E-state index in [1.807, 2.05) is 0 Å². The van der Waals surface area contributed by atoms with Gasteiger partial charge in [-0.25, -0.2) is 9.59 Å². The summed E-state index contributed by atoms with van der Waals surface area (Å²) in [5.41, 5.74) is 0. The molecule has 114 valence electrons. The summed E-state index contributed by atoms with van der Waals surface area (Å²) in [7, 11) is 0. The Bertz CT molecular complexity index is 355. The maximum Gasteiger partial charge on any atom is 0.329 e.